The number of benzene rings is 2. The van der Waals surface area contributed by atoms with E-state index in [2.05, 4.69) is 25.7 Å². The number of aromatic nitrogens is 5. The molecule has 1 N–H and O–H groups in total. The van der Waals surface area contributed by atoms with Crippen molar-refractivity contribution in [3.8, 4) is 23.0 Å². The van der Waals surface area contributed by atoms with Crippen LogP contribution < -0.4 is 10.1 Å². The molecule has 2 aromatic heterocycles. The summed E-state index contributed by atoms with van der Waals surface area (Å²) in [5.41, 5.74) is 1.40. The molecule has 0 saturated carbocycles. The number of para-hydroxylation sites is 2. The molecular weight excluding hydrogens is 451 g/mol. The first-order valence-electron chi connectivity index (χ1n) is 9.79. The number of amides is 1. The molecule has 0 aliphatic rings. The maximum absolute atomic E-state index is 12.5. The minimum absolute atomic E-state index is 0.167. The van der Waals surface area contributed by atoms with Crippen LogP contribution in [0.25, 0.3) is 11.4 Å². The lowest BCUT2D eigenvalue weighted by Crippen LogP contribution is -2.13. The van der Waals surface area contributed by atoms with E-state index in [1.807, 2.05) is 30.3 Å². The molecule has 0 fully saturated rings. The Balaban J connectivity index is 1.32. The van der Waals surface area contributed by atoms with Crippen molar-refractivity contribution in [2.45, 2.75) is 19.4 Å². The zero-order valence-corrected chi connectivity index (χ0v) is 18.3. The largest absolute Gasteiger partial charge is 0.435 e. The Kier molecular flexibility index (Phi) is 6.94. The van der Waals surface area contributed by atoms with Crippen LogP contribution in [0, 0.1) is 0 Å². The number of carbonyl (C=O) groups excluding carboxylic acids is 1. The molecule has 0 spiro atoms. The van der Waals surface area contributed by atoms with Gasteiger partial charge in [-0.1, -0.05) is 65.7 Å². The Labute approximate surface area is 194 Å². The summed E-state index contributed by atoms with van der Waals surface area (Å²) in [4.78, 5) is 18.0. The van der Waals surface area contributed by atoms with Crippen molar-refractivity contribution >= 4 is 34.8 Å². The van der Waals surface area contributed by atoms with Gasteiger partial charge in [0.2, 0.25) is 17.6 Å². The quantitative estimate of drug-likeness (QED) is 0.379. The number of hydrogen-bond donors (Lipinski definition) is 1. The van der Waals surface area contributed by atoms with Gasteiger partial charge in [0.1, 0.15) is 5.02 Å². The second kappa shape index (κ2) is 10.2. The van der Waals surface area contributed by atoms with Gasteiger partial charge in [-0.2, -0.15) is 4.80 Å². The molecule has 0 bridgehead atoms. The number of hydrogen-bond acceptors (Lipinski definition) is 6. The number of halogens is 2. The van der Waals surface area contributed by atoms with E-state index in [1.165, 1.54) is 17.1 Å². The van der Waals surface area contributed by atoms with Crippen molar-refractivity contribution in [3.05, 3.63) is 76.9 Å². The number of aryl methyl sites for hydroxylation is 1. The fourth-order valence-electron chi connectivity index (χ4n) is 2.87. The van der Waals surface area contributed by atoms with Crippen molar-refractivity contribution in [2.75, 3.05) is 5.32 Å². The molecule has 0 unspecified atom stereocenters. The highest BCUT2D eigenvalue weighted by Crippen LogP contribution is 2.33. The maximum Gasteiger partial charge on any atom is 0.238 e. The molecule has 4 aromatic rings. The third-order valence-electron chi connectivity index (χ3n) is 4.39. The number of anilines is 1. The molecule has 2 heterocycles. The standard InChI is InChI=1S/C22H18Cl2N6O2/c23-16-13-17(24)22(25-14-16)32-19-10-5-4-9-18(19)26-20(31)11-6-12-30-28-21(27-29-30)15-7-2-1-3-8-15/h1-5,7-10,13-14H,6,11-12H2,(H,26,31). The Morgan fingerprint density at radius 3 is 2.66 bits per heavy atom. The molecule has 4 rings (SSSR count). The number of ether oxygens (including phenoxy) is 1. The summed E-state index contributed by atoms with van der Waals surface area (Å²) in [6.07, 6.45) is 2.26. The fraction of sp³-hybridized carbons (Fsp3) is 0.136. The van der Waals surface area contributed by atoms with Crippen LogP contribution in [-0.2, 0) is 11.3 Å². The van der Waals surface area contributed by atoms with Crippen molar-refractivity contribution in [1.29, 1.82) is 0 Å². The lowest BCUT2D eigenvalue weighted by molar-refractivity contribution is -0.116. The van der Waals surface area contributed by atoms with E-state index in [1.54, 1.807) is 24.3 Å². The van der Waals surface area contributed by atoms with Gasteiger partial charge >= 0.3 is 0 Å². The van der Waals surface area contributed by atoms with Gasteiger partial charge in [-0.25, -0.2) is 4.98 Å². The van der Waals surface area contributed by atoms with Crippen molar-refractivity contribution in [2.24, 2.45) is 0 Å². The topological polar surface area (TPSA) is 94.8 Å². The summed E-state index contributed by atoms with van der Waals surface area (Å²) in [6, 6.07) is 18.2. The summed E-state index contributed by atoms with van der Waals surface area (Å²) >= 11 is 12.0. The highest BCUT2D eigenvalue weighted by atomic mass is 35.5. The molecule has 0 aliphatic heterocycles. The number of pyridine rings is 1. The summed E-state index contributed by atoms with van der Waals surface area (Å²) in [5, 5.41) is 16.0. The number of rotatable bonds is 8. The predicted octanol–water partition coefficient (Wildman–Crippen LogP) is 5.25. The minimum Gasteiger partial charge on any atom is -0.435 e. The molecule has 10 heteroatoms. The van der Waals surface area contributed by atoms with E-state index >= 15 is 0 Å². The van der Waals surface area contributed by atoms with Crippen molar-refractivity contribution < 1.29 is 9.53 Å². The first-order chi connectivity index (χ1) is 15.6. The van der Waals surface area contributed by atoms with Gasteiger partial charge in [0.25, 0.3) is 0 Å². The molecule has 0 saturated heterocycles. The zero-order chi connectivity index (χ0) is 22.3. The predicted molar refractivity (Wildman–Crippen MR) is 122 cm³/mol. The van der Waals surface area contributed by atoms with E-state index in [9.17, 15) is 4.79 Å². The van der Waals surface area contributed by atoms with Gasteiger partial charge in [0.15, 0.2) is 5.75 Å². The summed E-state index contributed by atoms with van der Waals surface area (Å²) in [5.74, 6) is 1.00. The molecule has 0 radical (unpaired) electrons. The summed E-state index contributed by atoms with van der Waals surface area (Å²) < 4.78 is 5.77. The van der Waals surface area contributed by atoms with Gasteiger partial charge in [-0.05, 0) is 29.8 Å². The molecule has 2 aromatic carbocycles. The highest BCUT2D eigenvalue weighted by molar-refractivity contribution is 6.35. The van der Waals surface area contributed by atoms with Gasteiger partial charge in [-0.3, -0.25) is 4.79 Å². The second-order valence-corrected chi connectivity index (χ2v) is 7.61. The van der Waals surface area contributed by atoms with Crippen LogP contribution >= 0.6 is 23.2 Å². The van der Waals surface area contributed by atoms with Crippen molar-refractivity contribution in [1.82, 2.24) is 25.2 Å². The first kappa shape index (κ1) is 21.7. The number of nitrogens with one attached hydrogen (secondary N) is 1. The lowest BCUT2D eigenvalue weighted by atomic mass is 10.2. The van der Waals surface area contributed by atoms with Gasteiger partial charge in [0, 0.05) is 18.2 Å². The van der Waals surface area contributed by atoms with Gasteiger partial charge in [-0.15, -0.1) is 10.2 Å². The highest BCUT2D eigenvalue weighted by Gasteiger charge is 2.12. The van der Waals surface area contributed by atoms with Crippen LogP contribution in [0.3, 0.4) is 0 Å². The van der Waals surface area contributed by atoms with Crippen LogP contribution in [0.2, 0.25) is 10.0 Å². The van der Waals surface area contributed by atoms with E-state index < -0.39 is 0 Å². The van der Waals surface area contributed by atoms with E-state index in [4.69, 9.17) is 27.9 Å². The van der Waals surface area contributed by atoms with Crippen LogP contribution in [0.15, 0.2) is 66.9 Å². The molecule has 162 valence electrons. The average Bonchev–Trinajstić information content (AvgIpc) is 3.26. The van der Waals surface area contributed by atoms with E-state index in [0.29, 0.717) is 35.2 Å². The average molecular weight is 469 g/mol. The smallest absolute Gasteiger partial charge is 0.238 e. The van der Waals surface area contributed by atoms with Crippen molar-refractivity contribution in [3.63, 3.8) is 0 Å². The number of carbonyl (C=O) groups is 1. The van der Waals surface area contributed by atoms with Gasteiger partial charge < -0.3 is 10.1 Å². The third-order valence-corrected chi connectivity index (χ3v) is 4.87. The first-order valence-corrected chi connectivity index (χ1v) is 10.5. The van der Waals surface area contributed by atoms with Gasteiger partial charge in [0.05, 0.1) is 17.3 Å². The molecule has 8 nitrogen and oxygen atoms in total. The fourth-order valence-corrected chi connectivity index (χ4v) is 3.29. The molecule has 0 atom stereocenters. The number of nitrogens with zero attached hydrogens (tertiary/aromatic N) is 5. The Hall–Kier alpha value is -3.49. The molecule has 32 heavy (non-hydrogen) atoms. The second-order valence-electron chi connectivity index (χ2n) is 6.77. The third kappa shape index (κ3) is 5.60. The lowest BCUT2D eigenvalue weighted by Gasteiger charge is -2.12. The van der Waals surface area contributed by atoms with Crippen LogP contribution in [0.5, 0.6) is 11.6 Å². The summed E-state index contributed by atoms with van der Waals surface area (Å²) in [7, 11) is 0. The van der Waals surface area contributed by atoms with E-state index in [-0.39, 0.29) is 23.2 Å². The summed E-state index contributed by atoms with van der Waals surface area (Å²) in [6.45, 7) is 0.468. The monoisotopic (exact) mass is 468 g/mol. The van der Waals surface area contributed by atoms with Crippen LogP contribution in [0.4, 0.5) is 5.69 Å². The minimum atomic E-state index is -0.167. The number of tetrazole rings is 1. The van der Waals surface area contributed by atoms with Crippen LogP contribution in [-0.4, -0.2) is 31.1 Å². The van der Waals surface area contributed by atoms with E-state index in [0.717, 1.165) is 5.56 Å². The zero-order valence-electron chi connectivity index (χ0n) is 16.8. The molecule has 0 aliphatic carbocycles. The maximum atomic E-state index is 12.5. The Morgan fingerprint density at radius 1 is 1.06 bits per heavy atom. The SMILES string of the molecule is O=C(CCCn1nnc(-c2ccccc2)n1)Nc1ccccc1Oc1ncc(Cl)cc1Cl. The van der Waals surface area contributed by atoms with Crippen LogP contribution in [0.1, 0.15) is 12.8 Å². The Morgan fingerprint density at radius 2 is 1.84 bits per heavy atom. The molecule has 1 amide bonds. The Bertz CT molecular complexity index is 1220. The normalized spacial score (nSPS) is 10.7. The molecular formula is C22H18Cl2N6O2.